The van der Waals surface area contributed by atoms with Crippen molar-refractivity contribution in [3.05, 3.63) is 35.9 Å². The average molecular weight is 258 g/mol. The van der Waals surface area contributed by atoms with Gasteiger partial charge in [0.15, 0.2) is 17.3 Å². The van der Waals surface area contributed by atoms with Crippen LogP contribution in [0.4, 0.5) is 0 Å². The van der Waals surface area contributed by atoms with E-state index in [2.05, 4.69) is 0 Å². The van der Waals surface area contributed by atoms with E-state index in [1.54, 1.807) is 0 Å². The Kier molecular flexibility index (Phi) is 4.25. The fourth-order valence-electron chi connectivity index (χ4n) is 2.68. The number of rotatable bonds is 4. The second-order valence-electron chi connectivity index (χ2n) is 5.02. The molecule has 1 aliphatic carbocycles. The fraction of sp³-hybridized carbons (Fsp3) is 0.438. The van der Waals surface area contributed by atoms with Gasteiger partial charge in [0.25, 0.3) is 0 Å². The smallest absolute Gasteiger partial charge is 0.158 e. The van der Waals surface area contributed by atoms with Crippen LogP contribution in [0.15, 0.2) is 30.3 Å². The van der Waals surface area contributed by atoms with Gasteiger partial charge in [0.05, 0.1) is 0 Å². The Morgan fingerprint density at radius 3 is 2.53 bits per heavy atom. The molecule has 2 unspecified atom stereocenters. The Morgan fingerprint density at radius 1 is 1.21 bits per heavy atom. The maximum atomic E-state index is 12.4. The van der Waals surface area contributed by atoms with E-state index in [0.29, 0.717) is 25.7 Å². The van der Waals surface area contributed by atoms with E-state index in [0.717, 1.165) is 5.56 Å². The van der Waals surface area contributed by atoms with Gasteiger partial charge >= 0.3 is 0 Å². The van der Waals surface area contributed by atoms with Crippen LogP contribution in [0.1, 0.15) is 44.1 Å². The zero-order valence-corrected chi connectivity index (χ0v) is 11.1. The lowest BCUT2D eigenvalue weighted by Crippen LogP contribution is -2.39. The van der Waals surface area contributed by atoms with Gasteiger partial charge in [-0.3, -0.25) is 14.4 Å². The highest BCUT2D eigenvalue weighted by Gasteiger charge is 2.41. The predicted octanol–water partition coefficient (Wildman–Crippen LogP) is 2.69. The van der Waals surface area contributed by atoms with Gasteiger partial charge in [0, 0.05) is 18.8 Å². The first kappa shape index (κ1) is 13.7. The summed E-state index contributed by atoms with van der Waals surface area (Å²) < 4.78 is 0. The minimum absolute atomic E-state index is 0.198. The standard InChI is InChI=1S/C16H18O3/c1-2-6-13(17)15-14(18)10-9-12(16(15)19)11-7-4-3-5-8-11/h3-5,7-8,12,15H,2,6,9-10H2,1H3. The van der Waals surface area contributed by atoms with Crippen molar-refractivity contribution in [1.82, 2.24) is 0 Å². The van der Waals surface area contributed by atoms with Gasteiger partial charge in [-0.15, -0.1) is 0 Å². The lowest BCUT2D eigenvalue weighted by atomic mass is 9.74. The summed E-state index contributed by atoms with van der Waals surface area (Å²) in [6.45, 7) is 1.88. The van der Waals surface area contributed by atoms with Crippen LogP contribution < -0.4 is 0 Å². The number of carbonyl (C=O) groups excluding carboxylic acids is 3. The highest BCUT2D eigenvalue weighted by molar-refractivity contribution is 6.22. The summed E-state index contributed by atoms with van der Waals surface area (Å²) in [6, 6.07) is 9.42. The minimum Gasteiger partial charge on any atom is -0.298 e. The number of Topliss-reactive ketones (excluding diaryl/α,β-unsaturated/α-hetero) is 3. The Bertz CT molecular complexity index is 490. The number of carbonyl (C=O) groups is 3. The first-order chi connectivity index (χ1) is 9.15. The highest BCUT2D eigenvalue weighted by Crippen LogP contribution is 2.32. The van der Waals surface area contributed by atoms with Crippen molar-refractivity contribution >= 4 is 17.3 Å². The van der Waals surface area contributed by atoms with E-state index in [9.17, 15) is 14.4 Å². The summed E-state index contributed by atoms with van der Waals surface area (Å²) in [6.07, 6.45) is 1.83. The van der Waals surface area contributed by atoms with E-state index in [4.69, 9.17) is 0 Å². The number of ketones is 3. The molecule has 1 fully saturated rings. The van der Waals surface area contributed by atoms with Gasteiger partial charge in [0.1, 0.15) is 5.92 Å². The molecule has 0 N–H and O–H groups in total. The molecule has 3 heteroatoms. The van der Waals surface area contributed by atoms with Crippen LogP contribution in [0.25, 0.3) is 0 Å². The summed E-state index contributed by atoms with van der Waals surface area (Å²) in [7, 11) is 0. The first-order valence-corrected chi connectivity index (χ1v) is 6.79. The molecule has 0 bridgehead atoms. The molecule has 0 amide bonds. The molecule has 19 heavy (non-hydrogen) atoms. The zero-order chi connectivity index (χ0) is 13.8. The Balaban J connectivity index is 2.24. The maximum Gasteiger partial charge on any atom is 0.158 e. The first-order valence-electron chi connectivity index (χ1n) is 6.79. The molecule has 100 valence electrons. The summed E-state index contributed by atoms with van der Waals surface area (Å²) in [5, 5.41) is 0. The summed E-state index contributed by atoms with van der Waals surface area (Å²) in [5.41, 5.74) is 0.911. The third-order valence-corrected chi connectivity index (χ3v) is 3.65. The summed E-state index contributed by atoms with van der Waals surface area (Å²) >= 11 is 0. The molecule has 2 rings (SSSR count). The maximum absolute atomic E-state index is 12.4. The molecular weight excluding hydrogens is 240 g/mol. The molecule has 1 aromatic rings. The van der Waals surface area contributed by atoms with Gasteiger partial charge in [-0.1, -0.05) is 37.3 Å². The monoisotopic (exact) mass is 258 g/mol. The van der Waals surface area contributed by atoms with Crippen molar-refractivity contribution in [2.24, 2.45) is 5.92 Å². The van der Waals surface area contributed by atoms with Crippen LogP contribution in [0, 0.1) is 5.92 Å². The number of hydrogen-bond acceptors (Lipinski definition) is 3. The molecule has 0 aliphatic heterocycles. The average Bonchev–Trinajstić information content (AvgIpc) is 2.40. The predicted molar refractivity (Wildman–Crippen MR) is 71.8 cm³/mol. The van der Waals surface area contributed by atoms with Crippen LogP contribution in [0.2, 0.25) is 0 Å². The molecular formula is C16H18O3. The molecule has 1 aromatic carbocycles. The van der Waals surface area contributed by atoms with Crippen molar-refractivity contribution in [3.8, 4) is 0 Å². The Labute approximate surface area is 113 Å². The molecule has 2 atom stereocenters. The van der Waals surface area contributed by atoms with Gasteiger partial charge in [-0.25, -0.2) is 0 Å². The molecule has 1 aliphatic rings. The molecule has 0 aromatic heterocycles. The lowest BCUT2D eigenvalue weighted by Gasteiger charge is -2.26. The van der Waals surface area contributed by atoms with E-state index in [1.807, 2.05) is 37.3 Å². The summed E-state index contributed by atoms with van der Waals surface area (Å²) in [4.78, 5) is 36.2. The van der Waals surface area contributed by atoms with Crippen molar-refractivity contribution < 1.29 is 14.4 Å². The van der Waals surface area contributed by atoms with Crippen LogP contribution in [-0.4, -0.2) is 17.3 Å². The number of benzene rings is 1. The highest BCUT2D eigenvalue weighted by atomic mass is 16.2. The lowest BCUT2D eigenvalue weighted by molar-refractivity contribution is -0.143. The SMILES string of the molecule is CCCC(=O)C1C(=O)CCC(c2ccccc2)C1=O. The number of hydrogen-bond donors (Lipinski definition) is 0. The third kappa shape index (κ3) is 2.80. The quantitative estimate of drug-likeness (QED) is 0.780. The second-order valence-corrected chi connectivity index (χ2v) is 5.02. The van der Waals surface area contributed by atoms with Crippen molar-refractivity contribution in [2.75, 3.05) is 0 Å². The largest absolute Gasteiger partial charge is 0.298 e. The topological polar surface area (TPSA) is 51.2 Å². The van der Waals surface area contributed by atoms with E-state index >= 15 is 0 Å². The molecule has 0 radical (unpaired) electrons. The minimum atomic E-state index is -1.01. The Morgan fingerprint density at radius 2 is 1.89 bits per heavy atom. The van der Waals surface area contributed by atoms with Gasteiger partial charge in [-0.05, 0) is 18.4 Å². The van der Waals surface area contributed by atoms with Crippen LogP contribution in [0.5, 0.6) is 0 Å². The van der Waals surface area contributed by atoms with Crippen molar-refractivity contribution in [2.45, 2.75) is 38.5 Å². The van der Waals surface area contributed by atoms with Crippen molar-refractivity contribution in [3.63, 3.8) is 0 Å². The normalized spacial score (nSPS) is 23.4. The van der Waals surface area contributed by atoms with E-state index in [-0.39, 0.29) is 23.3 Å². The molecule has 1 saturated carbocycles. The van der Waals surface area contributed by atoms with Gasteiger partial charge in [-0.2, -0.15) is 0 Å². The van der Waals surface area contributed by atoms with E-state index < -0.39 is 5.92 Å². The van der Waals surface area contributed by atoms with Crippen molar-refractivity contribution in [1.29, 1.82) is 0 Å². The Hall–Kier alpha value is -1.77. The molecule has 0 saturated heterocycles. The second kappa shape index (κ2) is 5.91. The van der Waals surface area contributed by atoms with Gasteiger partial charge in [0.2, 0.25) is 0 Å². The summed E-state index contributed by atoms with van der Waals surface area (Å²) in [5.74, 6) is -1.93. The fourth-order valence-corrected chi connectivity index (χ4v) is 2.68. The third-order valence-electron chi connectivity index (χ3n) is 3.65. The molecule has 0 spiro atoms. The van der Waals surface area contributed by atoms with E-state index in [1.165, 1.54) is 0 Å². The van der Waals surface area contributed by atoms with Gasteiger partial charge < -0.3 is 0 Å². The van der Waals surface area contributed by atoms with Crippen LogP contribution in [-0.2, 0) is 14.4 Å². The van der Waals surface area contributed by atoms with Crippen LogP contribution >= 0.6 is 0 Å². The zero-order valence-electron chi connectivity index (χ0n) is 11.1. The molecule has 3 nitrogen and oxygen atoms in total. The van der Waals surface area contributed by atoms with Crippen LogP contribution in [0.3, 0.4) is 0 Å². The molecule has 0 heterocycles.